The Hall–Kier alpha value is -3.55. The molecule has 8 nitrogen and oxygen atoms in total. The standard InChI is InChI=1S/C24H29N3O5/c1-13-10-11-17(32-13)16(12-24(2,3)4)26-19-18(21(29)22(19)30)25-15-9-7-8-14(20(15)28)23(31)27(5)6/h7-11,16,25-26,28H,12H2,1-6H3. The minimum atomic E-state index is -0.693. The smallest absolute Gasteiger partial charge is 0.257 e. The van der Waals surface area contributed by atoms with E-state index in [1.807, 2.05) is 19.1 Å². The lowest BCUT2D eigenvalue weighted by Gasteiger charge is -2.27. The average Bonchev–Trinajstić information content (AvgIpc) is 3.15. The minimum absolute atomic E-state index is 0.0435. The molecule has 1 aromatic heterocycles. The van der Waals surface area contributed by atoms with Crippen LogP contribution in [0, 0.1) is 12.3 Å². The highest BCUT2D eigenvalue weighted by atomic mass is 16.3. The van der Waals surface area contributed by atoms with E-state index in [2.05, 4.69) is 31.4 Å². The fourth-order valence-electron chi connectivity index (χ4n) is 3.49. The molecule has 2 aromatic carbocycles. The first-order valence-electron chi connectivity index (χ1n) is 10.4. The fraction of sp³-hybridized carbons (Fsp3) is 0.375. The molecule has 0 saturated heterocycles. The molecule has 1 atom stereocenters. The second-order valence-electron chi connectivity index (χ2n) is 9.34. The lowest BCUT2D eigenvalue weighted by Crippen LogP contribution is -2.38. The molecule has 3 aromatic rings. The van der Waals surface area contributed by atoms with Gasteiger partial charge in [-0.05, 0) is 43.0 Å². The van der Waals surface area contributed by atoms with E-state index in [1.54, 1.807) is 20.2 Å². The van der Waals surface area contributed by atoms with Crippen LogP contribution in [0.25, 0.3) is 0 Å². The van der Waals surface area contributed by atoms with Crippen molar-refractivity contribution in [3.05, 3.63) is 67.9 Å². The second kappa shape index (κ2) is 8.53. The number of para-hydroxylation sites is 1. The van der Waals surface area contributed by atoms with Crippen LogP contribution >= 0.6 is 0 Å². The van der Waals surface area contributed by atoms with Crippen LogP contribution in [0.4, 0.5) is 17.1 Å². The molecule has 0 aliphatic heterocycles. The minimum Gasteiger partial charge on any atom is -0.505 e. The van der Waals surface area contributed by atoms with Crippen molar-refractivity contribution in [3.63, 3.8) is 0 Å². The summed E-state index contributed by atoms with van der Waals surface area (Å²) in [7, 11) is 3.15. The Kier molecular flexibility index (Phi) is 6.16. The number of anilines is 3. The van der Waals surface area contributed by atoms with Gasteiger partial charge in [-0.3, -0.25) is 14.4 Å². The quantitative estimate of drug-likeness (QED) is 0.378. The largest absolute Gasteiger partial charge is 0.505 e. The SMILES string of the molecule is Cc1ccc(C(CC(C)(C)C)Nc2c(Nc3cccc(C(=O)N(C)C)c3O)c(=O)c2=O)o1. The molecule has 8 heteroatoms. The first-order chi connectivity index (χ1) is 14.9. The van der Waals surface area contributed by atoms with Crippen LogP contribution < -0.4 is 21.5 Å². The van der Waals surface area contributed by atoms with Crippen molar-refractivity contribution in [2.24, 2.45) is 5.41 Å². The van der Waals surface area contributed by atoms with E-state index < -0.39 is 10.9 Å². The summed E-state index contributed by atoms with van der Waals surface area (Å²) >= 11 is 0. The van der Waals surface area contributed by atoms with Crippen molar-refractivity contribution in [1.29, 1.82) is 0 Å². The van der Waals surface area contributed by atoms with Crippen LogP contribution in [0.2, 0.25) is 0 Å². The highest BCUT2D eigenvalue weighted by molar-refractivity contribution is 5.99. The maximum absolute atomic E-state index is 12.4. The molecule has 0 aliphatic carbocycles. The van der Waals surface area contributed by atoms with Crippen molar-refractivity contribution in [1.82, 2.24) is 4.90 Å². The Morgan fingerprint density at radius 2 is 1.75 bits per heavy atom. The highest BCUT2D eigenvalue weighted by Gasteiger charge is 2.29. The predicted octanol–water partition coefficient (Wildman–Crippen LogP) is 3.92. The molecule has 1 amide bonds. The monoisotopic (exact) mass is 439 g/mol. The molecule has 3 rings (SSSR count). The van der Waals surface area contributed by atoms with Crippen LogP contribution in [0.3, 0.4) is 0 Å². The first-order valence-corrected chi connectivity index (χ1v) is 10.4. The van der Waals surface area contributed by atoms with Crippen LogP contribution in [0.5, 0.6) is 5.75 Å². The zero-order valence-electron chi connectivity index (χ0n) is 19.2. The zero-order valence-corrected chi connectivity index (χ0v) is 19.2. The van der Waals surface area contributed by atoms with Gasteiger partial charge in [-0.15, -0.1) is 0 Å². The van der Waals surface area contributed by atoms with Gasteiger partial charge in [0, 0.05) is 14.1 Å². The number of nitrogens with one attached hydrogen (secondary N) is 2. The van der Waals surface area contributed by atoms with Crippen molar-refractivity contribution in [2.75, 3.05) is 24.7 Å². The summed E-state index contributed by atoms with van der Waals surface area (Å²) in [5, 5.41) is 16.6. The number of hydrogen-bond acceptors (Lipinski definition) is 7. The van der Waals surface area contributed by atoms with E-state index in [4.69, 9.17) is 4.42 Å². The van der Waals surface area contributed by atoms with Gasteiger partial charge in [0.2, 0.25) is 0 Å². The number of nitrogens with zero attached hydrogens (tertiary/aromatic N) is 1. The van der Waals surface area contributed by atoms with Gasteiger partial charge < -0.3 is 25.1 Å². The molecular formula is C24H29N3O5. The number of hydrogen-bond donors (Lipinski definition) is 3. The summed E-state index contributed by atoms with van der Waals surface area (Å²) in [4.78, 5) is 38.3. The number of carbonyl (C=O) groups is 1. The number of carbonyl (C=O) groups excluding carboxylic acids is 1. The number of aromatic hydroxyl groups is 1. The normalized spacial score (nSPS) is 12.6. The maximum Gasteiger partial charge on any atom is 0.257 e. The Morgan fingerprint density at radius 3 is 2.31 bits per heavy atom. The molecule has 1 unspecified atom stereocenters. The van der Waals surface area contributed by atoms with Crippen molar-refractivity contribution in [2.45, 2.75) is 40.2 Å². The topological polar surface area (TPSA) is 112 Å². The molecule has 0 fully saturated rings. The van der Waals surface area contributed by atoms with Gasteiger partial charge in [-0.25, -0.2) is 0 Å². The fourth-order valence-corrected chi connectivity index (χ4v) is 3.49. The molecule has 170 valence electrons. The Bertz CT molecular complexity index is 1210. The number of aryl methyl sites for hydroxylation is 1. The number of amides is 1. The van der Waals surface area contributed by atoms with Crippen molar-refractivity contribution in [3.8, 4) is 5.75 Å². The van der Waals surface area contributed by atoms with Gasteiger partial charge >= 0.3 is 0 Å². The lowest BCUT2D eigenvalue weighted by atomic mass is 9.87. The van der Waals surface area contributed by atoms with Crippen molar-refractivity contribution >= 4 is 23.0 Å². The summed E-state index contributed by atoms with van der Waals surface area (Å²) in [5.74, 6) is 0.736. The van der Waals surface area contributed by atoms with Crippen LogP contribution in [0.15, 0.2) is 44.3 Å². The average molecular weight is 440 g/mol. The Balaban J connectivity index is 1.94. The summed E-state index contributed by atoms with van der Waals surface area (Å²) in [6.07, 6.45) is 0.649. The second-order valence-corrected chi connectivity index (χ2v) is 9.34. The Morgan fingerprint density at radius 1 is 1.09 bits per heavy atom. The number of furan rings is 1. The molecule has 0 saturated carbocycles. The summed E-state index contributed by atoms with van der Waals surface area (Å²) in [6.45, 7) is 8.06. The van der Waals surface area contributed by atoms with Crippen LogP contribution in [-0.2, 0) is 0 Å². The van der Waals surface area contributed by atoms with E-state index in [-0.39, 0.29) is 45.7 Å². The van der Waals surface area contributed by atoms with E-state index in [1.165, 1.54) is 17.0 Å². The lowest BCUT2D eigenvalue weighted by molar-refractivity contribution is 0.0824. The van der Waals surface area contributed by atoms with E-state index in [9.17, 15) is 19.5 Å². The molecule has 0 radical (unpaired) electrons. The Labute approximate surface area is 186 Å². The number of benzene rings is 1. The third kappa shape index (κ3) is 4.69. The molecule has 0 aliphatic rings. The third-order valence-corrected chi connectivity index (χ3v) is 5.08. The third-order valence-electron chi connectivity index (χ3n) is 5.08. The summed E-state index contributed by atoms with van der Waals surface area (Å²) in [5.41, 5.74) is -0.998. The number of phenols is 1. The molecule has 0 bridgehead atoms. The number of phenolic OH excluding ortho intramolecular Hbond substituents is 1. The van der Waals surface area contributed by atoms with Crippen LogP contribution in [-0.4, -0.2) is 30.0 Å². The van der Waals surface area contributed by atoms with E-state index in [0.29, 0.717) is 12.2 Å². The molecular weight excluding hydrogens is 410 g/mol. The zero-order chi connectivity index (χ0) is 23.8. The first kappa shape index (κ1) is 23.1. The summed E-state index contributed by atoms with van der Waals surface area (Å²) in [6, 6.07) is 7.97. The highest BCUT2D eigenvalue weighted by Crippen LogP contribution is 2.36. The van der Waals surface area contributed by atoms with Gasteiger partial charge in [0.25, 0.3) is 16.8 Å². The van der Waals surface area contributed by atoms with Crippen molar-refractivity contribution < 1.29 is 14.3 Å². The van der Waals surface area contributed by atoms with Crippen LogP contribution in [0.1, 0.15) is 55.1 Å². The summed E-state index contributed by atoms with van der Waals surface area (Å²) < 4.78 is 5.78. The molecule has 0 spiro atoms. The number of rotatable bonds is 7. The van der Waals surface area contributed by atoms with E-state index in [0.717, 1.165) is 5.76 Å². The maximum atomic E-state index is 12.4. The van der Waals surface area contributed by atoms with Gasteiger partial charge in [0.15, 0.2) is 5.75 Å². The van der Waals surface area contributed by atoms with Gasteiger partial charge in [0.05, 0.1) is 17.3 Å². The van der Waals surface area contributed by atoms with E-state index >= 15 is 0 Å². The molecule has 3 N–H and O–H groups in total. The molecule has 32 heavy (non-hydrogen) atoms. The van der Waals surface area contributed by atoms with Gasteiger partial charge in [-0.2, -0.15) is 0 Å². The predicted molar refractivity (Wildman–Crippen MR) is 125 cm³/mol. The van der Waals surface area contributed by atoms with Gasteiger partial charge in [0.1, 0.15) is 22.9 Å². The molecule has 1 heterocycles. The van der Waals surface area contributed by atoms with Gasteiger partial charge in [-0.1, -0.05) is 26.8 Å².